The Hall–Kier alpha value is -3.48. The van der Waals surface area contributed by atoms with Crippen LogP contribution in [0.5, 0.6) is 0 Å². The molecule has 4 rings (SSSR count). The lowest BCUT2D eigenvalue weighted by atomic mass is 10.2. The van der Waals surface area contributed by atoms with Gasteiger partial charge in [0.25, 0.3) is 0 Å². The van der Waals surface area contributed by atoms with Gasteiger partial charge in [0, 0.05) is 5.39 Å². The van der Waals surface area contributed by atoms with Gasteiger partial charge in [-0.2, -0.15) is 5.10 Å². The summed E-state index contributed by atoms with van der Waals surface area (Å²) < 4.78 is 1.53. The molecule has 26 heavy (non-hydrogen) atoms. The standard InChI is InChI=1S/C19H17N5O2/c1-12(19-22-14-7-3-4-8-15(14)23-19)21-18(26)11-24-16-9-5-2-6-13(16)17(25)10-20-24/h2-10,12H,11H2,1H3,(H,21,26)(H,22,23)/t12-/m1/s1. The van der Waals surface area contributed by atoms with Gasteiger partial charge in [-0.25, -0.2) is 4.98 Å². The summed E-state index contributed by atoms with van der Waals surface area (Å²) in [5, 5.41) is 7.54. The Morgan fingerprint density at radius 2 is 1.96 bits per heavy atom. The average molecular weight is 347 g/mol. The second-order valence-corrected chi connectivity index (χ2v) is 6.11. The molecule has 2 aromatic carbocycles. The smallest absolute Gasteiger partial charge is 0.242 e. The number of H-pyrrole nitrogens is 1. The third-order valence-electron chi connectivity index (χ3n) is 4.25. The molecule has 0 saturated heterocycles. The molecule has 0 saturated carbocycles. The minimum Gasteiger partial charge on any atom is -0.345 e. The van der Waals surface area contributed by atoms with Crippen LogP contribution >= 0.6 is 0 Å². The molecule has 130 valence electrons. The van der Waals surface area contributed by atoms with E-state index in [0.29, 0.717) is 16.7 Å². The first kappa shape index (κ1) is 16.0. The predicted molar refractivity (Wildman–Crippen MR) is 98.7 cm³/mol. The molecule has 2 N–H and O–H groups in total. The normalized spacial score (nSPS) is 12.3. The van der Waals surface area contributed by atoms with E-state index in [4.69, 9.17) is 0 Å². The fourth-order valence-corrected chi connectivity index (χ4v) is 2.96. The maximum absolute atomic E-state index is 12.4. The Morgan fingerprint density at radius 1 is 1.19 bits per heavy atom. The highest BCUT2D eigenvalue weighted by Crippen LogP contribution is 2.15. The number of aromatic nitrogens is 4. The number of hydrogen-bond donors (Lipinski definition) is 2. The molecule has 7 heteroatoms. The third kappa shape index (κ3) is 2.95. The highest BCUT2D eigenvalue weighted by molar-refractivity contribution is 5.82. The van der Waals surface area contributed by atoms with Crippen LogP contribution in [0.2, 0.25) is 0 Å². The molecule has 0 aliphatic carbocycles. The van der Waals surface area contributed by atoms with E-state index in [-0.39, 0.29) is 23.9 Å². The van der Waals surface area contributed by atoms with Crippen molar-refractivity contribution in [2.75, 3.05) is 0 Å². The van der Waals surface area contributed by atoms with Crippen LogP contribution in [0.1, 0.15) is 18.8 Å². The Balaban J connectivity index is 1.54. The lowest BCUT2D eigenvalue weighted by Gasteiger charge is -2.13. The van der Waals surface area contributed by atoms with E-state index in [9.17, 15) is 9.59 Å². The number of hydrogen-bond acceptors (Lipinski definition) is 4. The zero-order chi connectivity index (χ0) is 18.1. The Bertz CT molecular complexity index is 1130. The minimum absolute atomic E-state index is 0.0192. The van der Waals surface area contributed by atoms with Gasteiger partial charge in [0.1, 0.15) is 12.4 Å². The van der Waals surface area contributed by atoms with Crippen LogP contribution in [0, 0.1) is 0 Å². The summed E-state index contributed by atoms with van der Waals surface area (Å²) in [5.74, 6) is 0.483. The number of benzene rings is 2. The van der Waals surface area contributed by atoms with Crippen LogP contribution in [-0.2, 0) is 11.3 Å². The van der Waals surface area contributed by atoms with Gasteiger partial charge >= 0.3 is 0 Å². The number of nitrogens with one attached hydrogen (secondary N) is 2. The van der Waals surface area contributed by atoms with E-state index in [1.165, 1.54) is 10.9 Å². The molecule has 0 unspecified atom stereocenters. The second kappa shape index (κ2) is 6.44. The van der Waals surface area contributed by atoms with Crippen LogP contribution in [0.3, 0.4) is 0 Å². The number of amides is 1. The summed E-state index contributed by atoms with van der Waals surface area (Å²) in [4.78, 5) is 32.0. The molecule has 2 aromatic heterocycles. The number of carbonyl (C=O) groups is 1. The molecular formula is C19H17N5O2. The van der Waals surface area contributed by atoms with Gasteiger partial charge in [-0.1, -0.05) is 24.3 Å². The maximum Gasteiger partial charge on any atom is 0.242 e. The molecule has 1 atom stereocenters. The summed E-state index contributed by atoms with van der Waals surface area (Å²) in [6.45, 7) is 1.89. The SMILES string of the molecule is C[C@@H](NC(=O)Cn1ncc(=O)c2ccccc21)c1nc2ccccc2[nH]1. The largest absolute Gasteiger partial charge is 0.345 e. The van der Waals surface area contributed by atoms with Gasteiger partial charge in [-0.3, -0.25) is 14.3 Å². The molecule has 0 fully saturated rings. The first-order valence-corrected chi connectivity index (χ1v) is 8.31. The number of para-hydroxylation sites is 3. The number of aromatic amines is 1. The molecule has 0 radical (unpaired) electrons. The first-order chi connectivity index (χ1) is 12.6. The fourth-order valence-electron chi connectivity index (χ4n) is 2.96. The number of fused-ring (bicyclic) bond motifs is 2. The summed E-state index contributed by atoms with van der Waals surface area (Å²) in [5.41, 5.74) is 2.26. The van der Waals surface area contributed by atoms with Gasteiger partial charge in [-0.05, 0) is 31.2 Å². The lowest BCUT2D eigenvalue weighted by molar-refractivity contribution is -0.122. The zero-order valence-corrected chi connectivity index (χ0v) is 14.1. The quantitative estimate of drug-likeness (QED) is 0.592. The van der Waals surface area contributed by atoms with Crippen molar-refractivity contribution in [3.05, 3.63) is 70.8 Å². The van der Waals surface area contributed by atoms with Gasteiger partial charge in [0.05, 0.1) is 28.8 Å². The van der Waals surface area contributed by atoms with Crippen LogP contribution in [0.25, 0.3) is 21.9 Å². The van der Waals surface area contributed by atoms with E-state index in [2.05, 4.69) is 20.4 Å². The first-order valence-electron chi connectivity index (χ1n) is 8.31. The Labute approximate surface area is 148 Å². The molecule has 0 aliphatic rings. The van der Waals surface area contributed by atoms with Crippen molar-refractivity contribution in [1.29, 1.82) is 0 Å². The van der Waals surface area contributed by atoms with E-state index in [1.807, 2.05) is 37.3 Å². The van der Waals surface area contributed by atoms with E-state index < -0.39 is 0 Å². The number of imidazole rings is 1. The van der Waals surface area contributed by atoms with Gasteiger partial charge in [0.2, 0.25) is 11.3 Å². The number of carbonyl (C=O) groups excluding carboxylic acids is 1. The van der Waals surface area contributed by atoms with Crippen LogP contribution in [0.15, 0.2) is 59.5 Å². The summed E-state index contributed by atoms with van der Waals surface area (Å²) >= 11 is 0. The molecule has 0 aliphatic heterocycles. The van der Waals surface area contributed by atoms with Gasteiger partial charge in [0.15, 0.2) is 0 Å². The highest BCUT2D eigenvalue weighted by atomic mass is 16.2. The van der Waals surface area contributed by atoms with Crippen molar-refractivity contribution < 1.29 is 4.79 Å². The van der Waals surface area contributed by atoms with Gasteiger partial charge in [-0.15, -0.1) is 0 Å². The van der Waals surface area contributed by atoms with Gasteiger partial charge < -0.3 is 10.3 Å². The Kier molecular flexibility index (Phi) is 3.96. The summed E-state index contributed by atoms with van der Waals surface area (Å²) in [6.07, 6.45) is 1.23. The minimum atomic E-state index is -0.277. The maximum atomic E-state index is 12.4. The van der Waals surface area contributed by atoms with Crippen molar-refractivity contribution in [3.8, 4) is 0 Å². The van der Waals surface area contributed by atoms with Crippen molar-refractivity contribution in [2.24, 2.45) is 0 Å². The fraction of sp³-hybridized carbons (Fsp3) is 0.158. The van der Waals surface area contributed by atoms with E-state index >= 15 is 0 Å². The van der Waals surface area contributed by atoms with Crippen molar-refractivity contribution in [1.82, 2.24) is 25.1 Å². The van der Waals surface area contributed by atoms with E-state index in [0.717, 1.165) is 11.0 Å². The van der Waals surface area contributed by atoms with Crippen molar-refractivity contribution in [2.45, 2.75) is 19.5 Å². The van der Waals surface area contributed by atoms with Crippen molar-refractivity contribution >= 4 is 27.8 Å². The second-order valence-electron chi connectivity index (χ2n) is 6.11. The number of nitrogens with zero attached hydrogens (tertiary/aromatic N) is 3. The zero-order valence-electron chi connectivity index (χ0n) is 14.1. The van der Waals surface area contributed by atoms with Crippen LogP contribution < -0.4 is 10.7 Å². The van der Waals surface area contributed by atoms with Crippen LogP contribution in [-0.4, -0.2) is 25.7 Å². The molecule has 4 aromatic rings. The van der Waals surface area contributed by atoms with Crippen LogP contribution in [0.4, 0.5) is 0 Å². The average Bonchev–Trinajstić information content (AvgIpc) is 3.09. The molecular weight excluding hydrogens is 330 g/mol. The monoisotopic (exact) mass is 347 g/mol. The topological polar surface area (TPSA) is 92.7 Å². The highest BCUT2D eigenvalue weighted by Gasteiger charge is 2.15. The number of rotatable bonds is 4. The lowest BCUT2D eigenvalue weighted by Crippen LogP contribution is -2.31. The molecule has 0 spiro atoms. The Morgan fingerprint density at radius 3 is 2.81 bits per heavy atom. The molecule has 0 bridgehead atoms. The molecule has 1 amide bonds. The molecule has 7 nitrogen and oxygen atoms in total. The van der Waals surface area contributed by atoms with E-state index in [1.54, 1.807) is 18.2 Å². The summed E-state index contributed by atoms with van der Waals surface area (Å²) in [6, 6.07) is 14.5. The molecule has 2 heterocycles. The predicted octanol–water partition coefficient (Wildman–Crippen LogP) is 2.15. The van der Waals surface area contributed by atoms with Crippen molar-refractivity contribution in [3.63, 3.8) is 0 Å². The summed E-state index contributed by atoms with van der Waals surface area (Å²) in [7, 11) is 0. The third-order valence-corrected chi connectivity index (χ3v) is 4.25.